The van der Waals surface area contributed by atoms with Crippen molar-refractivity contribution in [3.8, 4) is 0 Å². The van der Waals surface area contributed by atoms with E-state index in [1.54, 1.807) is 0 Å². The van der Waals surface area contributed by atoms with Gasteiger partial charge in [-0.1, -0.05) is 55.8 Å². The Bertz CT molecular complexity index is 868. The average Bonchev–Trinajstić information content (AvgIpc) is 3.03. The van der Waals surface area contributed by atoms with Gasteiger partial charge < -0.3 is 10.3 Å². The van der Waals surface area contributed by atoms with E-state index < -0.39 is 0 Å². The molecule has 0 saturated carbocycles. The molecule has 4 heteroatoms. The summed E-state index contributed by atoms with van der Waals surface area (Å²) in [6, 6.07) is 15.9. The van der Waals surface area contributed by atoms with Gasteiger partial charge in [-0.15, -0.1) is 0 Å². The second kappa shape index (κ2) is 7.32. The first kappa shape index (κ1) is 17.6. The Morgan fingerprint density at radius 1 is 1.16 bits per heavy atom. The molecule has 1 aromatic heterocycles. The molecule has 0 saturated heterocycles. The van der Waals surface area contributed by atoms with E-state index in [9.17, 15) is 4.79 Å². The molecular weight excluding hydrogens is 332 g/mol. The van der Waals surface area contributed by atoms with Gasteiger partial charge in [0, 0.05) is 40.5 Å². The zero-order chi connectivity index (χ0) is 17.9. The zero-order valence-electron chi connectivity index (χ0n) is 14.6. The monoisotopic (exact) mass is 354 g/mol. The number of carbonyl (C=O) groups is 1. The number of hydrogen-bond acceptors (Lipinski definition) is 1. The van der Waals surface area contributed by atoms with Crippen molar-refractivity contribution in [2.24, 2.45) is 0 Å². The van der Waals surface area contributed by atoms with Gasteiger partial charge in [-0.2, -0.15) is 0 Å². The molecule has 0 aliphatic carbocycles. The van der Waals surface area contributed by atoms with Crippen LogP contribution < -0.4 is 5.32 Å². The van der Waals surface area contributed by atoms with E-state index in [0.29, 0.717) is 13.0 Å². The van der Waals surface area contributed by atoms with Crippen LogP contribution in [0.1, 0.15) is 31.4 Å². The van der Waals surface area contributed by atoms with Crippen molar-refractivity contribution >= 4 is 28.4 Å². The molecule has 0 unspecified atom stereocenters. The summed E-state index contributed by atoms with van der Waals surface area (Å²) in [7, 11) is 0. The van der Waals surface area contributed by atoms with Crippen LogP contribution in [0, 0.1) is 0 Å². The van der Waals surface area contributed by atoms with E-state index in [1.165, 1.54) is 5.56 Å². The number of H-pyrrole nitrogens is 1. The van der Waals surface area contributed by atoms with Crippen molar-refractivity contribution in [1.29, 1.82) is 0 Å². The van der Waals surface area contributed by atoms with E-state index in [4.69, 9.17) is 11.6 Å². The maximum absolute atomic E-state index is 12.2. The van der Waals surface area contributed by atoms with Gasteiger partial charge in [0.15, 0.2) is 0 Å². The molecule has 25 heavy (non-hydrogen) atoms. The summed E-state index contributed by atoms with van der Waals surface area (Å²) < 4.78 is 0. The Balaban J connectivity index is 1.62. The standard InChI is InChI=1S/C21H23ClN2O/c1-21(2,18-13-23-19-10-9-16(22)12-17(18)19)14-24-20(25)11-8-15-6-4-3-5-7-15/h3-7,9-10,12-13,23H,8,11,14H2,1-2H3,(H,24,25). The molecule has 0 atom stereocenters. The number of nitrogens with one attached hydrogen (secondary N) is 2. The third-order valence-electron chi connectivity index (χ3n) is 4.58. The summed E-state index contributed by atoms with van der Waals surface area (Å²) in [5, 5.41) is 4.90. The predicted molar refractivity (Wildman–Crippen MR) is 104 cm³/mol. The van der Waals surface area contributed by atoms with Crippen molar-refractivity contribution in [2.45, 2.75) is 32.1 Å². The zero-order valence-corrected chi connectivity index (χ0v) is 15.4. The second-order valence-corrected chi connectivity index (χ2v) is 7.47. The van der Waals surface area contributed by atoms with Crippen LogP contribution in [0.4, 0.5) is 0 Å². The number of benzene rings is 2. The van der Waals surface area contributed by atoms with Crippen molar-refractivity contribution in [3.63, 3.8) is 0 Å². The molecule has 2 N–H and O–H groups in total. The van der Waals surface area contributed by atoms with Crippen LogP contribution in [-0.2, 0) is 16.6 Å². The molecule has 3 nitrogen and oxygen atoms in total. The fraction of sp³-hybridized carbons (Fsp3) is 0.286. The average molecular weight is 355 g/mol. The lowest BCUT2D eigenvalue weighted by molar-refractivity contribution is -0.121. The summed E-state index contributed by atoms with van der Waals surface area (Å²) in [6.07, 6.45) is 3.27. The Kier molecular flexibility index (Phi) is 5.14. The maximum atomic E-state index is 12.2. The first-order valence-corrected chi connectivity index (χ1v) is 8.91. The van der Waals surface area contributed by atoms with Crippen LogP contribution in [0.25, 0.3) is 10.9 Å². The molecule has 0 fully saturated rings. The van der Waals surface area contributed by atoms with Gasteiger partial charge in [0.1, 0.15) is 0 Å². The van der Waals surface area contributed by atoms with Crippen molar-refractivity contribution in [3.05, 3.63) is 70.9 Å². The summed E-state index contributed by atoms with van der Waals surface area (Å²) in [5.41, 5.74) is 3.21. The minimum absolute atomic E-state index is 0.0785. The van der Waals surface area contributed by atoms with Gasteiger partial charge in [-0.05, 0) is 35.7 Å². The topological polar surface area (TPSA) is 44.9 Å². The van der Waals surface area contributed by atoms with E-state index in [0.717, 1.165) is 27.9 Å². The van der Waals surface area contributed by atoms with Crippen LogP contribution in [0.15, 0.2) is 54.7 Å². The smallest absolute Gasteiger partial charge is 0.220 e. The highest BCUT2D eigenvalue weighted by Crippen LogP contribution is 2.31. The quantitative estimate of drug-likeness (QED) is 0.653. The van der Waals surface area contributed by atoms with Gasteiger partial charge >= 0.3 is 0 Å². The molecule has 3 aromatic rings. The van der Waals surface area contributed by atoms with Gasteiger partial charge in [0.25, 0.3) is 0 Å². The lowest BCUT2D eigenvalue weighted by atomic mass is 9.84. The molecule has 2 aromatic carbocycles. The van der Waals surface area contributed by atoms with E-state index in [2.05, 4.69) is 24.1 Å². The minimum atomic E-state index is -0.189. The molecule has 0 aliphatic heterocycles. The highest BCUT2D eigenvalue weighted by atomic mass is 35.5. The van der Waals surface area contributed by atoms with Gasteiger partial charge in [0.2, 0.25) is 5.91 Å². The van der Waals surface area contributed by atoms with Crippen LogP contribution in [0.2, 0.25) is 5.02 Å². The van der Waals surface area contributed by atoms with Crippen molar-refractivity contribution < 1.29 is 4.79 Å². The van der Waals surface area contributed by atoms with E-state index in [1.807, 2.05) is 54.7 Å². The largest absolute Gasteiger partial charge is 0.361 e. The van der Waals surface area contributed by atoms with Gasteiger partial charge in [-0.25, -0.2) is 0 Å². The molecule has 0 aliphatic rings. The number of aryl methyl sites for hydroxylation is 1. The third kappa shape index (κ3) is 4.23. The summed E-state index contributed by atoms with van der Waals surface area (Å²) in [5.74, 6) is 0.0785. The molecule has 1 amide bonds. The van der Waals surface area contributed by atoms with Crippen LogP contribution >= 0.6 is 11.6 Å². The predicted octanol–water partition coefficient (Wildman–Crippen LogP) is 4.85. The summed E-state index contributed by atoms with van der Waals surface area (Å²) >= 11 is 6.14. The number of halogens is 1. The second-order valence-electron chi connectivity index (χ2n) is 7.04. The molecule has 0 radical (unpaired) electrons. The molecular formula is C21H23ClN2O. The number of rotatable bonds is 6. The SMILES string of the molecule is CC(C)(CNC(=O)CCc1ccccc1)c1c[nH]c2ccc(Cl)cc12. The summed E-state index contributed by atoms with van der Waals surface area (Å²) in [4.78, 5) is 15.5. The van der Waals surface area contributed by atoms with E-state index >= 15 is 0 Å². The first-order chi connectivity index (χ1) is 12.0. The molecule has 1 heterocycles. The number of fused-ring (bicyclic) bond motifs is 1. The fourth-order valence-electron chi connectivity index (χ4n) is 3.06. The normalized spacial score (nSPS) is 11.6. The fourth-order valence-corrected chi connectivity index (χ4v) is 3.23. The highest BCUT2D eigenvalue weighted by molar-refractivity contribution is 6.31. The molecule has 130 valence electrons. The Morgan fingerprint density at radius 3 is 2.68 bits per heavy atom. The lowest BCUT2D eigenvalue weighted by Crippen LogP contribution is -2.36. The van der Waals surface area contributed by atoms with Gasteiger partial charge in [0.05, 0.1) is 0 Å². The Hall–Kier alpha value is -2.26. The Labute approximate surface area is 153 Å². The third-order valence-corrected chi connectivity index (χ3v) is 4.82. The molecule has 3 rings (SSSR count). The highest BCUT2D eigenvalue weighted by Gasteiger charge is 2.24. The van der Waals surface area contributed by atoms with Gasteiger partial charge in [-0.3, -0.25) is 4.79 Å². The summed E-state index contributed by atoms with van der Waals surface area (Å²) in [6.45, 7) is 4.85. The maximum Gasteiger partial charge on any atom is 0.220 e. The number of aromatic amines is 1. The van der Waals surface area contributed by atoms with Crippen molar-refractivity contribution in [2.75, 3.05) is 6.54 Å². The van der Waals surface area contributed by atoms with Crippen LogP contribution in [0.3, 0.4) is 0 Å². The van der Waals surface area contributed by atoms with Crippen LogP contribution in [0.5, 0.6) is 0 Å². The van der Waals surface area contributed by atoms with E-state index in [-0.39, 0.29) is 11.3 Å². The Morgan fingerprint density at radius 2 is 1.92 bits per heavy atom. The molecule has 0 bridgehead atoms. The van der Waals surface area contributed by atoms with Crippen molar-refractivity contribution in [1.82, 2.24) is 10.3 Å². The number of aromatic nitrogens is 1. The number of hydrogen-bond donors (Lipinski definition) is 2. The minimum Gasteiger partial charge on any atom is -0.361 e. The lowest BCUT2D eigenvalue weighted by Gasteiger charge is -2.25. The van der Waals surface area contributed by atoms with Crippen LogP contribution in [-0.4, -0.2) is 17.4 Å². The number of carbonyl (C=O) groups excluding carboxylic acids is 1. The first-order valence-electron chi connectivity index (χ1n) is 8.53. The number of amides is 1. The molecule has 0 spiro atoms.